The third-order valence-corrected chi connectivity index (χ3v) is 6.09. The van der Waals surface area contributed by atoms with Gasteiger partial charge in [0.25, 0.3) is 0 Å². The van der Waals surface area contributed by atoms with Gasteiger partial charge < -0.3 is 0 Å². The molecule has 0 spiro atoms. The second-order valence-electron chi connectivity index (χ2n) is 5.76. The van der Waals surface area contributed by atoms with E-state index in [9.17, 15) is 8.42 Å². The van der Waals surface area contributed by atoms with E-state index in [1.165, 1.54) is 6.42 Å². The lowest BCUT2D eigenvalue weighted by Crippen LogP contribution is -2.43. The van der Waals surface area contributed by atoms with Crippen molar-refractivity contribution < 1.29 is 8.42 Å². The second kappa shape index (κ2) is 5.25. The molecule has 2 N–H and O–H groups in total. The standard InChI is InChI=1S/C13H23N3O2S/c1-8-6-5-7-12(9(8)2)16-19(17,18)13-10(3)14-15-11(13)4/h8-9,12,16H,5-7H2,1-4H3,(H,14,15). The molecule has 6 heteroatoms. The van der Waals surface area contributed by atoms with Crippen LogP contribution in [0.4, 0.5) is 0 Å². The highest BCUT2D eigenvalue weighted by Gasteiger charge is 2.32. The average molecular weight is 285 g/mol. The Morgan fingerprint density at radius 1 is 1.26 bits per heavy atom. The summed E-state index contributed by atoms with van der Waals surface area (Å²) in [5.74, 6) is 0.934. The first-order chi connectivity index (χ1) is 8.83. The molecule has 3 atom stereocenters. The summed E-state index contributed by atoms with van der Waals surface area (Å²) in [6.07, 6.45) is 3.19. The van der Waals surface area contributed by atoms with E-state index in [0.717, 1.165) is 12.8 Å². The molecule has 0 aliphatic heterocycles. The van der Waals surface area contributed by atoms with Crippen LogP contribution in [0.25, 0.3) is 0 Å². The molecule has 1 saturated carbocycles. The molecule has 108 valence electrons. The molecular weight excluding hydrogens is 262 g/mol. The molecule has 19 heavy (non-hydrogen) atoms. The molecule has 1 aromatic heterocycles. The van der Waals surface area contributed by atoms with Crippen molar-refractivity contribution >= 4 is 10.0 Å². The average Bonchev–Trinajstić information content (AvgIpc) is 2.65. The fourth-order valence-electron chi connectivity index (χ4n) is 2.94. The lowest BCUT2D eigenvalue weighted by Gasteiger charge is -2.34. The van der Waals surface area contributed by atoms with E-state index in [2.05, 4.69) is 28.8 Å². The van der Waals surface area contributed by atoms with E-state index in [-0.39, 0.29) is 6.04 Å². The third kappa shape index (κ3) is 2.84. The van der Waals surface area contributed by atoms with Gasteiger partial charge in [0.05, 0.1) is 11.4 Å². The molecule has 0 radical (unpaired) electrons. The van der Waals surface area contributed by atoms with Crippen molar-refractivity contribution in [2.45, 2.75) is 57.9 Å². The van der Waals surface area contributed by atoms with Crippen LogP contribution in [0.1, 0.15) is 44.5 Å². The van der Waals surface area contributed by atoms with Gasteiger partial charge in [-0.25, -0.2) is 13.1 Å². The van der Waals surface area contributed by atoms with Gasteiger partial charge in [-0.15, -0.1) is 0 Å². The Hall–Kier alpha value is -0.880. The molecule has 0 amide bonds. The predicted molar refractivity (Wildman–Crippen MR) is 74.4 cm³/mol. The number of hydrogen-bond donors (Lipinski definition) is 2. The Bertz CT molecular complexity index is 531. The molecule has 0 aromatic carbocycles. The van der Waals surface area contributed by atoms with Crippen LogP contribution in [-0.2, 0) is 10.0 Å². The minimum absolute atomic E-state index is 0.0300. The monoisotopic (exact) mass is 285 g/mol. The Morgan fingerprint density at radius 3 is 2.53 bits per heavy atom. The van der Waals surface area contributed by atoms with Crippen molar-refractivity contribution in [1.82, 2.24) is 14.9 Å². The van der Waals surface area contributed by atoms with Crippen LogP contribution in [0.5, 0.6) is 0 Å². The van der Waals surface area contributed by atoms with Gasteiger partial charge in [-0.1, -0.05) is 26.7 Å². The fourth-order valence-corrected chi connectivity index (χ4v) is 4.68. The maximum Gasteiger partial charge on any atom is 0.244 e. The first kappa shape index (κ1) is 14.5. The SMILES string of the molecule is Cc1n[nH]c(C)c1S(=O)(=O)NC1CCCC(C)C1C. The summed E-state index contributed by atoms with van der Waals surface area (Å²) in [5.41, 5.74) is 1.13. The minimum Gasteiger partial charge on any atom is -0.281 e. The summed E-state index contributed by atoms with van der Waals surface area (Å²) in [4.78, 5) is 0.304. The van der Waals surface area contributed by atoms with Crippen molar-refractivity contribution in [1.29, 1.82) is 0 Å². The maximum absolute atomic E-state index is 12.5. The summed E-state index contributed by atoms with van der Waals surface area (Å²) in [7, 11) is -3.48. The summed E-state index contributed by atoms with van der Waals surface area (Å²) in [6, 6.07) is 0.0300. The van der Waals surface area contributed by atoms with Crippen LogP contribution in [-0.4, -0.2) is 24.7 Å². The summed E-state index contributed by atoms with van der Waals surface area (Å²) < 4.78 is 27.8. The lowest BCUT2D eigenvalue weighted by molar-refractivity contribution is 0.227. The topological polar surface area (TPSA) is 74.8 Å². The smallest absolute Gasteiger partial charge is 0.244 e. The van der Waals surface area contributed by atoms with E-state index in [1.54, 1.807) is 13.8 Å². The summed E-state index contributed by atoms with van der Waals surface area (Å²) in [6.45, 7) is 7.78. The third-order valence-electron chi connectivity index (χ3n) is 4.34. The van der Waals surface area contributed by atoms with Crippen molar-refractivity contribution in [3.05, 3.63) is 11.4 Å². The minimum atomic E-state index is -3.48. The molecule has 0 bridgehead atoms. The van der Waals surface area contributed by atoms with Crippen LogP contribution in [0.3, 0.4) is 0 Å². The largest absolute Gasteiger partial charge is 0.281 e. The number of aryl methyl sites for hydroxylation is 2. The van der Waals surface area contributed by atoms with Crippen LogP contribution < -0.4 is 4.72 Å². The Balaban J connectivity index is 2.22. The van der Waals surface area contributed by atoms with Crippen LogP contribution in [0, 0.1) is 25.7 Å². The van der Waals surface area contributed by atoms with Crippen LogP contribution in [0.2, 0.25) is 0 Å². The molecule has 1 fully saturated rings. The van der Waals surface area contributed by atoms with E-state index in [1.807, 2.05) is 0 Å². The molecule has 0 saturated heterocycles. The van der Waals surface area contributed by atoms with Gasteiger partial charge >= 0.3 is 0 Å². The number of nitrogens with one attached hydrogen (secondary N) is 2. The number of aromatic amines is 1. The highest BCUT2D eigenvalue weighted by Crippen LogP contribution is 2.30. The second-order valence-corrected chi connectivity index (χ2v) is 7.41. The van der Waals surface area contributed by atoms with Gasteiger partial charge in [0, 0.05) is 6.04 Å². The zero-order valence-electron chi connectivity index (χ0n) is 12.0. The fraction of sp³-hybridized carbons (Fsp3) is 0.769. The molecule has 3 unspecified atom stereocenters. The number of rotatable bonds is 3. The Morgan fingerprint density at radius 2 is 1.95 bits per heavy atom. The molecule has 1 aliphatic rings. The Labute approximate surface area is 115 Å². The van der Waals surface area contributed by atoms with Gasteiger partial charge in [0.2, 0.25) is 10.0 Å². The van der Waals surface area contributed by atoms with Crippen molar-refractivity contribution in [3.63, 3.8) is 0 Å². The van der Waals surface area contributed by atoms with Gasteiger partial charge in [0.1, 0.15) is 4.90 Å². The zero-order chi connectivity index (χ0) is 14.2. The number of H-pyrrole nitrogens is 1. The van der Waals surface area contributed by atoms with Gasteiger partial charge in [-0.2, -0.15) is 5.10 Å². The lowest BCUT2D eigenvalue weighted by atomic mass is 9.78. The summed E-state index contributed by atoms with van der Waals surface area (Å²) in [5, 5.41) is 6.70. The van der Waals surface area contributed by atoms with Crippen LogP contribution in [0.15, 0.2) is 4.90 Å². The van der Waals surface area contributed by atoms with Crippen LogP contribution >= 0.6 is 0 Å². The number of sulfonamides is 1. The molecule has 2 rings (SSSR count). The zero-order valence-corrected chi connectivity index (χ0v) is 12.8. The maximum atomic E-state index is 12.5. The van der Waals surface area contributed by atoms with Crippen molar-refractivity contribution in [3.8, 4) is 0 Å². The van der Waals surface area contributed by atoms with E-state index >= 15 is 0 Å². The first-order valence-corrected chi connectivity index (χ1v) is 8.35. The van der Waals surface area contributed by atoms with E-state index < -0.39 is 10.0 Å². The molecule has 1 heterocycles. The van der Waals surface area contributed by atoms with Gasteiger partial charge in [-0.05, 0) is 32.1 Å². The van der Waals surface area contributed by atoms with Crippen molar-refractivity contribution in [2.24, 2.45) is 11.8 Å². The summed E-state index contributed by atoms with van der Waals surface area (Å²) >= 11 is 0. The number of hydrogen-bond acceptors (Lipinski definition) is 3. The highest BCUT2D eigenvalue weighted by molar-refractivity contribution is 7.89. The molecule has 5 nitrogen and oxygen atoms in total. The van der Waals surface area contributed by atoms with Gasteiger partial charge in [0.15, 0.2) is 0 Å². The molecule has 1 aliphatic carbocycles. The molecular formula is C13H23N3O2S. The van der Waals surface area contributed by atoms with Gasteiger partial charge in [-0.3, -0.25) is 5.10 Å². The van der Waals surface area contributed by atoms with E-state index in [0.29, 0.717) is 28.1 Å². The number of nitrogens with zero attached hydrogens (tertiary/aromatic N) is 1. The first-order valence-electron chi connectivity index (χ1n) is 6.87. The van der Waals surface area contributed by atoms with Crippen molar-refractivity contribution in [2.75, 3.05) is 0 Å². The Kier molecular flexibility index (Phi) is 4.01. The van der Waals surface area contributed by atoms with E-state index in [4.69, 9.17) is 0 Å². The predicted octanol–water partition coefficient (Wildman–Crippen LogP) is 2.13. The quantitative estimate of drug-likeness (QED) is 0.893. The number of aromatic nitrogens is 2. The normalized spacial score (nSPS) is 28.5. The molecule has 1 aromatic rings. The highest BCUT2D eigenvalue weighted by atomic mass is 32.2.